The zero-order valence-corrected chi connectivity index (χ0v) is 15.3. The average molecular weight is 382 g/mol. The minimum atomic E-state index is -0.678. The van der Waals surface area contributed by atoms with Crippen molar-refractivity contribution in [2.24, 2.45) is 0 Å². The van der Waals surface area contributed by atoms with E-state index in [2.05, 4.69) is 0 Å². The molecular weight excluding hydrogens is 352 g/mol. The summed E-state index contributed by atoms with van der Waals surface area (Å²) >= 11 is 0. The normalized spacial score (nSPS) is 10.7. The van der Waals surface area contributed by atoms with Crippen molar-refractivity contribution in [1.29, 1.82) is 0 Å². The smallest absolute Gasteiger partial charge is 0.317 e. The van der Waals surface area contributed by atoms with Crippen LogP contribution in [0.3, 0.4) is 0 Å². The van der Waals surface area contributed by atoms with E-state index >= 15 is 0 Å². The fourth-order valence-electron chi connectivity index (χ4n) is 1.50. The van der Waals surface area contributed by atoms with Crippen LogP contribution in [-0.2, 0) is 42.7 Å². The van der Waals surface area contributed by atoms with E-state index in [0.29, 0.717) is 39.6 Å². The van der Waals surface area contributed by atoms with Crippen LogP contribution in [0.4, 0.5) is 0 Å². The number of hydrogen-bond donors (Lipinski definition) is 1. The maximum absolute atomic E-state index is 11.4. The van der Waals surface area contributed by atoms with E-state index in [1.807, 2.05) is 0 Å². The van der Waals surface area contributed by atoms with Crippen molar-refractivity contribution in [3.8, 4) is 0 Å². The highest BCUT2D eigenvalue weighted by Gasteiger charge is 2.11. The lowest BCUT2D eigenvalue weighted by Gasteiger charge is -2.08. The van der Waals surface area contributed by atoms with Gasteiger partial charge in [0, 0.05) is 7.11 Å². The van der Waals surface area contributed by atoms with E-state index < -0.39 is 18.4 Å². The number of esters is 2. The Kier molecular flexibility index (Phi) is 19.0. The van der Waals surface area contributed by atoms with Gasteiger partial charge in [-0.25, -0.2) is 0 Å². The number of carbonyl (C=O) groups is 2. The van der Waals surface area contributed by atoms with Gasteiger partial charge in [0.2, 0.25) is 0 Å². The molecule has 0 aromatic carbocycles. The fourth-order valence-corrected chi connectivity index (χ4v) is 1.50. The quantitative estimate of drug-likeness (QED) is 0.172. The lowest BCUT2D eigenvalue weighted by atomic mass is 10.4. The first kappa shape index (κ1) is 24.7. The van der Waals surface area contributed by atoms with Gasteiger partial charge in [-0.15, -0.1) is 0 Å². The molecule has 0 amide bonds. The van der Waals surface area contributed by atoms with Crippen molar-refractivity contribution in [3.63, 3.8) is 0 Å². The van der Waals surface area contributed by atoms with Crippen molar-refractivity contribution < 1.29 is 47.9 Å². The van der Waals surface area contributed by atoms with Crippen LogP contribution in [0.1, 0.15) is 6.42 Å². The van der Waals surface area contributed by atoms with Gasteiger partial charge in [0.1, 0.15) is 19.6 Å². The first-order valence-corrected chi connectivity index (χ1v) is 8.42. The van der Waals surface area contributed by atoms with E-state index in [-0.39, 0.29) is 39.6 Å². The number of hydrogen-bond acceptors (Lipinski definition) is 10. The molecule has 0 aliphatic heterocycles. The molecule has 0 unspecified atom stereocenters. The third kappa shape index (κ3) is 19.0. The van der Waals surface area contributed by atoms with Crippen LogP contribution in [0.15, 0.2) is 0 Å². The Morgan fingerprint density at radius 1 is 0.615 bits per heavy atom. The summed E-state index contributed by atoms with van der Waals surface area (Å²) in [5.41, 5.74) is 0. The van der Waals surface area contributed by atoms with Crippen molar-refractivity contribution >= 4 is 11.9 Å². The number of methoxy groups -OCH3 is 1. The summed E-state index contributed by atoms with van der Waals surface area (Å²) in [6.45, 7) is 3.26. The monoisotopic (exact) mass is 382 g/mol. The highest BCUT2D eigenvalue weighted by Crippen LogP contribution is 1.92. The average Bonchev–Trinajstić information content (AvgIpc) is 2.62. The lowest BCUT2D eigenvalue weighted by Crippen LogP contribution is -2.19. The Bertz CT molecular complexity index is 337. The molecule has 0 radical (unpaired) electrons. The standard InChI is InChI=1S/C16H30O10/c1-20-4-5-22-8-9-24-11-13-26-16(19)14-15(18)25-12-10-23-7-6-21-3-2-17/h17H,2-14H2,1H3. The summed E-state index contributed by atoms with van der Waals surface area (Å²) < 4.78 is 35.0. The molecule has 0 fully saturated rings. The molecule has 0 heterocycles. The molecule has 0 saturated heterocycles. The fraction of sp³-hybridized carbons (Fsp3) is 0.875. The Morgan fingerprint density at radius 3 is 1.42 bits per heavy atom. The van der Waals surface area contributed by atoms with Crippen LogP contribution in [0, 0.1) is 0 Å². The van der Waals surface area contributed by atoms with Crippen molar-refractivity contribution in [1.82, 2.24) is 0 Å². The summed E-state index contributed by atoms with van der Waals surface area (Å²) in [5.74, 6) is -1.35. The van der Waals surface area contributed by atoms with Crippen LogP contribution >= 0.6 is 0 Å². The van der Waals surface area contributed by atoms with Gasteiger partial charge in [0.15, 0.2) is 0 Å². The van der Waals surface area contributed by atoms with Gasteiger partial charge in [0.05, 0.1) is 66.1 Å². The van der Waals surface area contributed by atoms with Crippen LogP contribution in [0.5, 0.6) is 0 Å². The second-order valence-corrected chi connectivity index (χ2v) is 4.78. The second kappa shape index (κ2) is 20.0. The molecule has 0 aliphatic carbocycles. The van der Waals surface area contributed by atoms with E-state index in [4.69, 9.17) is 38.3 Å². The van der Waals surface area contributed by atoms with Crippen LogP contribution in [0.2, 0.25) is 0 Å². The van der Waals surface area contributed by atoms with Gasteiger partial charge in [-0.1, -0.05) is 0 Å². The number of carbonyl (C=O) groups excluding carboxylic acids is 2. The van der Waals surface area contributed by atoms with E-state index in [1.165, 1.54) is 0 Å². The largest absolute Gasteiger partial charge is 0.463 e. The van der Waals surface area contributed by atoms with Crippen molar-refractivity contribution in [3.05, 3.63) is 0 Å². The molecule has 0 rings (SSSR count). The molecule has 1 N–H and O–H groups in total. The number of rotatable bonds is 19. The summed E-state index contributed by atoms with van der Waals surface area (Å²) in [7, 11) is 1.59. The first-order valence-electron chi connectivity index (χ1n) is 8.42. The highest BCUT2D eigenvalue weighted by atomic mass is 16.6. The molecule has 0 atom stereocenters. The molecule has 154 valence electrons. The third-order valence-corrected chi connectivity index (χ3v) is 2.68. The second-order valence-electron chi connectivity index (χ2n) is 4.78. The topological polar surface area (TPSA) is 119 Å². The van der Waals surface area contributed by atoms with Gasteiger partial charge in [-0.3, -0.25) is 9.59 Å². The van der Waals surface area contributed by atoms with Gasteiger partial charge in [-0.05, 0) is 0 Å². The molecule has 10 nitrogen and oxygen atoms in total. The van der Waals surface area contributed by atoms with Gasteiger partial charge in [-0.2, -0.15) is 0 Å². The van der Waals surface area contributed by atoms with Crippen LogP contribution in [-0.4, -0.2) is 103 Å². The molecule has 0 aliphatic rings. The zero-order chi connectivity index (χ0) is 19.3. The lowest BCUT2D eigenvalue weighted by molar-refractivity contribution is -0.156. The maximum Gasteiger partial charge on any atom is 0.317 e. The Hall–Kier alpha value is -1.30. The molecule has 0 aromatic rings. The van der Waals surface area contributed by atoms with Gasteiger partial charge < -0.3 is 38.3 Å². The molecule has 26 heavy (non-hydrogen) atoms. The molecule has 10 heteroatoms. The Labute approximate surface area is 153 Å². The Balaban J connectivity index is 3.34. The highest BCUT2D eigenvalue weighted by molar-refractivity contribution is 5.91. The maximum atomic E-state index is 11.4. The molecular formula is C16H30O10. The van der Waals surface area contributed by atoms with E-state index in [9.17, 15) is 9.59 Å². The molecule has 0 bridgehead atoms. The summed E-state index contributed by atoms with van der Waals surface area (Å²) in [4.78, 5) is 22.8. The molecule has 0 spiro atoms. The predicted octanol–water partition coefficient (Wildman–Crippen LogP) is -0.832. The third-order valence-electron chi connectivity index (χ3n) is 2.68. The first-order chi connectivity index (χ1) is 12.7. The molecule has 0 aromatic heterocycles. The minimum absolute atomic E-state index is 0.0386. The predicted molar refractivity (Wildman–Crippen MR) is 88.8 cm³/mol. The number of aliphatic hydroxyl groups excluding tert-OH is 1. The summed E-state index contributed by atoms with van der Waals surface area (Å²) in [5, 5.41) is 8.49. The van der Waals surface area contributed by atoms with E-state index in [1.54, 1.807) is 7.11 Å². The van der Waals surface area contributed by atoms with Gasteiger partial charge in [0.25, 0.3) is 0 Å². The summed E-state index contributed by atoms with van der Waals surface area (Å²) in [6, 6.07) is 0. The Morgan fingerprint density at radius 2 is 1.00 bits per heavy atom. The van der Waals surface area contributed by atoms with Crippen LogP contribution < -0.4 is 0 Å². The minimum Gasteiger partial charge on any atom is -0.463 e. The SMILES string of the molecule is COCCOCCOCCOC(=O)CC(=O)OCCOCCOCCO. The number of ether oxygens (including phenoxy) is 7. The van der Waals surface area contributed by atoms with Crippen LogP contribution in [0.25, 0.3) is 0 Å². The van der Waals surface area contributed by atoms with Crippen molar-refractivity contribution in [2.45, 2.75) is 6.42 Å². The number of aliphatic hydroxyl groups is 1. The van der Waals surface area contributed by atoms with E-state index in [0.717, 1.165) is 0 Å². The van der Waals surface area contributed by atoms with Crippen molar-refractivity contribution in [2.75, 3.05) is 86.4 Å². The molecule has 0 saturated carbocycles. The summed E-state index contributed by atoms with van der Waals surface area (Å²) in [6.07, 6.45) is -0.459. The van der Waals surface area contributed by atoms with Gasteiger partial charge >= 0.3 is 11.9 Å². The zero-order valence-electron chi connectivity index (χ0n) is 15.3.